The predicted octanol–water partition coefficient (Wildman–Crippen LogP) is 1.30. The van der Waals surface area contributed by atoms with Gasteiger partial charge in [0.25, 0.3) is 0 Å². The van der Waals surface area contributed by atoms with Crippen LogP contribution in [0.4, 0.5) is 0 Å². The van der Waals surface area contributed by atoms with E-state index in [1.165, 1.54) is 0 Å². The molecule has 6 heteroatoms. The molecule has 0 atom stereocenters. The van der Waals surface area contributed by atoms with Gasteiger partial charge in [-0.25, -0.2) is 0 Å². The smallest absolute Gasteiger partial charge is 0.0862 e. The molecule has 0 aliphatic heterocycles. The first-order valence-corrected chi connectivity index (χ1v) is 6.03. The van der Waals surface area contributed by atoms with Gasteiger partial charge < -0.3 is 4.74 Å². The Bertz CT molecular complexity index is 358. The third-order valence-corrected chi connectivity index (χ3v) is 1.98. The van der Waals surface area contributed by atoms with Crippen LogP contribution in [0.5, 0.6) is 0 Å². The molecule has 0 aliphatic carbocycles. The molecule has 0 spiro atoms. The van der Waals surface area contributed by atoms with Gasteiger partial charge in [0.2, 0.25) is 0 Å². The molecule has 1 heterocycles. The van der Waals surface area contributed by atoms with Crippen LogP contribution in [0.25, 0.3) is 0 Å². The van der Waals surface area contributed by atoms with E-state index >= 15 is 0 Å². The standard InChI is InChI=1S/C10H13B3N2O.C2H6/c1-8(7-16-10(11,12)13)3-4-15-6-9(2)5-14-15;1-2/h5-6H,1,3-4,7H2,2H3;1-2H3. The van der Waals surface area contributed by atoms with Gasteiger partial charge in [-0.15, -0.1) is 0 Å². The molecule has 0 aliphatic rings. The number of hydrogen-bond acceptors (Lipinski definition) is 2. The largest absolute Gasteiger partial charge is 0.399 e. The summed E-state index contributed by atoms with van der Waals surface area (Å²) in [5, 5.41) is 2.57. The lowest BCUT2D eigenvalue weighted by Crippen LogP contribution is -2.34. The summed E-state index contributed by atoms with van der Waals surface area (Å²) in [6, 6.07) is 0. The maximum atomic E-state index is 5.27. The molecule has 0 unspecified atom stereocenters. The van der Waals surface area contributed by atoms with E-state index in [0.717, 1.165) is 24.1 Å². The third-order valence-electron chi connectivity index (χ3n) is 1.98. The van der Waals surface area contributed by atoms with Crippen molar-refractivity contribution in [3.63, 3.8) is 0 Å². The van der Waals surface area contributed by atoms with Gasteiger partial charge in [0, 0.05) is 12.7 Å². The van der Waals surface area contributed by atoms with Gasteiger partial charge in [-0.2, -0.15) is 5.10 Å². The first kappa shape index (κ1) is 17.1. The van der Waals surface area contributed by atoms with Gasteiger partial charge in [-0.05, 0) is 24.2 Å². The fourth-order valence-corrected chi connectivity index (χ4v) is 1.16. The zero-order valence-electron chi connectivity index (χ0n) is 11.5. The number of hydrogen-bond donors (Lipinski definition) is 0. The average molecular weight is 240 g/mol. The van der Waals surface area contributed by atoms with E-state index in [1.807, 2.05) is 37.8 Å². The Balaban J connectivity index is 0.00000137. The second-order valence-corrected chi connectivity index (χ2v) is 3.92. The van der Waals surface area contributed by atoms with Crippen LogP contribution in [0.15, 0.2) is 24.5 Å². The van der Waals surface area contributed by atoms with Gasteiger partial charge in [-0.1, -0.05) is 26.0 Å². The molecule has 3 nitrogen and oxygen atoms in total. The average Bonchev–Trinajstić information content (AvgIpc) is 2.71. The highest BCUT2D eigenvalue weighted by Gasteiger charge is 2.09. The SMILES string of the molecule is CC.[B]C([B])([B])OCC(=C)CCn1cc(C)cn1. The molecule has 18 heavy (non-hydrogen) atoms. The molecule has 0 N–H and O–H groups in total. The van der Waals surface area contributed by atoms with Crippen LogP contribution in [0.1, 0.15) is 25.8 Å². The van der Waals surface area contributed by atoms with Crippen molar-refractivity contribution in [3.05, 3.63) is 30.1 Å². The second-order valence-electron chi connectivity index (χ2n) is 3.92. The maximum absolute atomic E-state index is 5.27. The van der Waals surface area contributed by atoms with E-state index in [9.17, 15) is 0 Å². The van der Waals surface area contributed by atoms with Crippen LogP contribution >= 0.6 is 0 Å². The van der Waals surface area contributed by atoms with Crippen LogP contribution in [-0.2, 0) is 11.3 Å². The number of ether oxygens (including phenoxy) is 1. The normalized spacial score (nSPS) is 10.6. The van der Waals surface area contributed by atoms with Crippen molar-refractivity contribution in [1.82, 2.24) is 9.78 Å². The molecular weight excluding hydrogens is 221 g/mol. The quantitative estimate of drug-likeness (QED) is 0.553. The summed E-state index contributed by atoms with van der Waals surface area (Å²) >= 11 is 0. The highest BCUT2D eigenvalue weighted by Crippen LogP contribution is 2.05. The Morgan fingerprint density at radius 3 is 2.50 bits per heavy atom. The van der Waals surface area contributed by atoms with Crippen LogP contribution in [0.3, 0.4) is 0 Å². The molecule has 6 radical (unpaired) electrons. The first-order chi connectivity index (χ1) is 8.37. The molecule has 0 aromatic carbocycles. The fourth-order valence-electron chi connectivity index (χ4n) is 1.16. The monoisotopic (exact) mass is 240 g/mol. The third kappa shape index (κ3) is 8.23. The summed E-state index contributed by atoms with van der Waals surface area (Å²) in [5.41, 5.74) is 2.01. The van der Waals surface area contributed by atoms with Gasteiger partial charge in [0.15, 0.2) is 0 Å². The molecule has 1 rings (SSSR count). The van der Waals surface area contributed by atoms with Crippen molar-refractivity contribution in [3.8, 4) is 0 Å². The van der Waals surface area contributed by atoms with Gasteiger partial charge in [-0.3, -0.25) is 4.68 Å². The maximum Gasteiger partial charge on any atom is 0.0862 e. The predicted molar refractivity (Wildman–Crippen MR) is 78.0 cm³/mol. The van der Waals surface area contributed by atoms with Gasteiger partial charge >= 0.3 is 0 Å². The van der Waals surface area contributed by atoms with Crippen LogP contribution in [-0.4, -0.2) is 45.2 Å². The Morgan fingerprint density at radius 2 is 2.06 bits per heavy atom. The molecule has 0 bridgehead atoms. The molecular formula is C12H19B3N2O. The van der Waals surface area contributed by atoms with Gasteiger partial charge in [0.1, 0.15) is 0 Å². The summed E-state index contributed by atoms with van der Waals surface area (Å²) < 4.78 is 6.84. The van der Waals surface area contributed by atoms with Gasteiger partial charge in [0.05, 0.1) is 36.3 Å². The number of rotatable bonds is 6. The zero-order valence-corrected chi connectivity index (χ0v) is 11.5. The molecule has 1 aromatic heterocycles. The van der Waals surface area contributed by atoms with E-state index < -0.39 is 5.30 Å². The molecule has 0 fully saturated rings. The minimum Gasteiger partial charge on any atom is -0.399 e. The highest BCUT2D eigenvalue weighted by atomic mass is 16.5. The summed E-state index contributed by atoms with van der Waals surface area (Å²) in [6.45, 7) is 10.8. The number of aromatic nitrogens is 2. The second kappa shape index (κ2) is 8.25. The molecule has 0 amide bonds. The summed E-state index contributed by atoms with van der Waals surface area (Å²) in [4.78, 5) is 0. The fraction of sp³-hybridized carbons (Fsp3) is 0.583. The lowest BCUT2D eigenvalue weighted by molar-refractivity contribution is 0.148. The lowest BCUT2D eigenvalue weighted by Gasteiger charge is -2.22. The van der Waals surface area contributed by atoms with Crippen molar-refractivity contribution in [1.29, 1.82) is 0 Å². The van der Waals surface area contributed by atoms with Crippen molar-refractivity contribution in [2.45, 2.75) is 39.0 Å². The van der Waals surface area contributed by atoms with E-state index in [-0.39, 0.29) is 6.61 Å². The zero-order chi connectivity index (χ0) is 14.2. The highest BCUT2D eigenvalue weighted by molar-refractivity contribution is 6.58. The minimum atomic E-state index is -1.59. The van der Waals surface area contributed by atoms with Crippen molar-refractivity contribution in [2.24, 2.45) is 0 Å². The van der Waals surface area contributed by atoms with Crippen LogP contribution < -0.4 is 0 Å². The summed E-state index contributed by atoms with van der Waals surface area (Å²) in [5.74, 6) is 0. The van der Waals surface area contributed by atoms with E-state index in [1.54, 1.807) is 0 Å². The Morgan fingerprint density at radius 1 is 1.44 bits per heavy atom. The Kier molecular flexibility index (Phi) is 7.84. The van der Waals surface area contributed by atoms with Crippen LogP contribution in [0, 0.1) is 6.92 Å². The summed E-state index contributed by atoms with van der Waals surface area (Å²) in [7, 11) is 15.8. The molecule has 92 valence electrons. The Labute approximate surface area is 114 Å². The topological polar surface area (TPSA) is 27.1 Å². The Hall–Kier alpha value is -0.895. The lowest BCUT2D eigenvalue weighted by atomic mass is 9.52. The van der Waals surface area contributed by atoms with E-state index in [4.69, 9.17) is 28.3 Å². The van der Waals surface area contributed by atoms with Crippen molar-refractivity contribution in [2.75, 3.05) is 6.61 Å². The van der Waals surface area contributed by atoms with Crippen molar-refractivity contribution >= 4 is 23.5 Å². The molecule has 1 aromatic rings. The summed E-state index contributed by atoms with van der Waals surface area (Å²) in [6.07, 6.45) is 4.52. The number of aryl methyl sites for hydroxylation is 2. The minimum absolute atomic E-state index is 0.254. The first-order valence-electron chi connectivity index (χ1n) is 6.03. The molecule has 0 saturated heterocycles. The van der Waals surface area contributed by atoms with Crippen molar-refractivity contribution < 1.29 is 4.74 Å². The number of nitrogens with zero attached hydrogens (tertiary/aromatic N) is 2. The van der Waals surface area contributed by atoms with E-state index in [0.29, 0.717) is 0 Å². The molecule has 0 saturated carbocycles. The van der Waals surface area contributed by atoms with Crippen LogP contribution in [0.2, 0.25) is 0 Å². The van der Waals surface area contributed by atoms with E-state index in [2.05, 4.69) is 11.7 Å².